The highest BCUT2D eigenvalue weighted by molar-refractivity contribution is 7.89. The Morgan fingerprint density at radius 1 is 1.45 bits per heavy atom. The van der Waals surface area contributed by atoms with E-state index in [1.807, 2.05) is 13.8 Å². The quantitative estimate of drug-likeness (QED) is 0.797. The fourth-order valence-electron chi connectivity index (χ4n) is 1.53. The molecule has 20 heavy (non-hydrogen) atoms. The maximum Gasteiger partial charge on any atom is 0.244 e. The molecule has 5 nitrogen and oxygen atoms in total. The molecule has 0 fully saturated rings. The molecule has 0 aliphatic heterocycles. The smallest absolute Gasteiger partial charge is 0.244 e. The number of rotatable bonds is 5. The van der Waals surface area contributed by atoms with Crippen molar-refractivity contribution in [1.29, 1.82) is 0 Å². The number of nitrogens with one attached hydrogen (secondary N) is 1. The van der Waals surface area contributed by atoms with Crippen molar-refractivity contribution in [3.05, 3.63) is 23.8 Å². The van der Waals surface area contributed by atoms with Crippen LogP contribution in [-0.4, -0.2) is 28.1 Å². The standard InChI is InChI=1S/C14H20N2O3S/c1-4-11(2)16-20(17,18)14-10-12(6-5-9-15)7-8-13(14)19-3/h7-8,10-11,16H,4,9,15H2,1-3H3. The molecule has 1 aromatic carbocycles. The summed E-state index contributed by atoms with van der Waals surface area (Å²) >= 11 is 0. The molecule has 0 radical (unpaired) electrons. The molecule has 0 aliphatic carbocycles. The SMILES string of the molecule is CCC(C)NS(=O)(=O)c1cc(C#CCN)ccc1OC. The Balaban J connectivity index is 3.26. The number of nitrogens with two attached hydrogens (primary N) is 1. The first kappa shape index (κ1) is 16.5. The number of ether oxygens (including phenoxy) is 1. The fraction of sp³-hybridized carbons (Fsp3) is 0.429. The van der Waals surface area contributed by atoms with Gasteiger partial charge in [0.1, 0.15) is 10.6 Å². The van der Waals surface area contributed by atoms with Gasteiger partial charge in [0.05, 0.1) is 13.7 Å². The second-order valence-corrected chi connectivity index (χ2v) is 5.98. The maximum atomic E-state index is 12.3. The van der Waals surface area contributed by atoms with Crippen molar-refractivity contribution in [2.75, 3.05) is 13.7 Å². The average Bonchev–Trinajstić information content (AvgIpc) is 2.44. The normalized spacial score (nSPS) is 12.4. The van der Waals surface area contributed by atoms with Gasteiger partial charge in [-0.3, -0.25) is 0 Å². The Hall–Kier alpha value is -1.55. The van der Waals surface area contributed by atoms with E-state index in [9.17, 15) is 8.42 Å². The van der Waals surface area contributed by atoms with E-state index in [-0.39, 0.29) is 17.5 Å². The Morgan fingerprint density at radius 3 is 2.70 bits per heavy atom. The van der Waals surface area contributed by atoms with Crippen LogP contribution < -0.4 is 15.2 Å². The van der Waals surface area contributed by atoms with Crippen molar-refractivity contribution in [3.8, 4) is 17.6 Å². The third kappa shape index (κ3) is 4.23. The van der Waals surface area contributed by atoms with Crippen LogP contribution in [0.3, 0.4) is 0 Å². The van der Waals surface area contributed by atoms with Gasteiger partial charge in [-0.2, -0.15) is 0 Å². The van der Waals surface area contributed by atoms with E-state index in [4.69, 9.17) is 10.5 Å². The summed E-state index contributed by atoms with van der Waals surface area (Å²) in [5.74, 6) is 5.80. The highest BCUT2D eigenvalue weighted by Gasteiger charge is 2.21. The Kier molecular flexibility index (Phi) is 6.02. The summed E-state index contributed by atoms with van der Waals surface area (Å²) in [7, 11) is -2.20. The van der Waals surface area contributed by atoms with Crippen LogP contribution in [0.5, 0.6) is 5.75 Å². The second kappa shape index (κ2) is 7.29. The predicted molar refractivity (Wildman–Crippen MR) is 79.0 cm³/mol. The van der Waals surface area contributed by atoms with E-state index >= 15 is 0 Å². The molecule has 0 saturated heterocycles. The number of hydrogen-bond donors (Lipinski definition) is 2. The van der Waals surface area contributed by atoms with Gasteiger partial charge in [-0.25, -0.2) is 13.1 Å². The summed E-state index contributed by atoms with van der Waals surface area (Å²) in [4.78, 5) is 0.0871. The first-order chi connectivity index (χ1) is 9.44. The Morgan fingerprint density at radius 2 is 2.15 bits per heavy atom. The summed E-state index contributed by atoms with van der Waals surface area (Å²) < 4.78 is 32.4. The van der Waals surface area contributed by atoms with E-state index in [1.165, 1.54) is 13.2 Å². The lowest BCUT2D eigenvalue weighted by Crippen LogP contribution is -2.32. The van der Waals surface area contributed by atoms with Gasteiger partial charge in [0, 0.05) is 11.6 Å². The second-order valence-electron chi connectivity index (χ2n) is 4.30. The molecule has 1 aromatic rings. The minimum atomic E-state index is -3.64. The van der Waals surface area contributed by atoms with Crippen molar-refractivity contribution < 1.29 is 13.2 Å². The van der Waals surface area contributed by atoms with Crippen LogP contribution in [0.15, 0.2) is 23.1 Å². The molecule has 0 saturated carbocycles. The summed E-state index contributed by atoms with van der Waals surface area (Å²) in [6.07, 6.45) is 0.703. The molecule has 110 valence electrons. The van der Waals surface area contributed by atoms with Gasteiger partial charge in [-0.15, -0.1) is 0 Å². The van der Waals surface area contributed by atoms with Crippen LogP contribution in [0, 0.1) is 11.8 Å². The molecule has 0 spiro atoms. The number of hydrogen-bond acceptors (Lipinski definition) is 4. The van der Waals surface area contributed by atoms with Crippen LogP contribution in [0.4, 0.5) is 0 Å². The van der Waals surface area contributed by atoms with Gasteiger partial charge in [-0.1, -0.05) is 18.8 Å². The molecule has 0 heterocycles. The van der Waals surface area contributed by atoms with Crippen LogP contribution >= 0.6 is 0 Å². The van der Waals surface area contributed by atoms with Gasteiger partial charge in [0.25, 0.3) is 0 Å². The van der Waals surface area contributed by atoms with Gasteiger partial charge in [0.2, 0.25) is 10.0 Å². The molecule has 1 unspecified atom stereocenters. The third-order valence-electron chi connectivity index (χ3n) is 2.76. The summed E-state index contributed by atoms with van der Waals surface area (Å²) in [6.45, 7) is 3.94. The van der Waals surface area contributed by atoms with Gasteiger partial charge in [-0.05, 0) is 31.5 Å². The Labute approximate surface area is 120 Å². The molecule has 0 bridgehead atoms. The number of methoxy groups -OCH3 is 1. The van der Waals surface area contributed by atoms with E-state index in [0.29, 0.717) is 17.7 Å². The van der Waals surface area contributed by atoms with Crippen molar-refractivity contribution >= 4 is 10.0 Å². The minimum absolute atomic E-state index is 0.0871. The van der Waals surface area contributed by atoms with E-state index in [1.54, 1.807) is 12.1 Å². The molecule has 0 aromatic heterocycles. The van der Waals surface area contributed by atoms with Crippen LogP contribution in [-0.2, 0) is 10.0 Å². The lowest BCUT2D eigenvalue weighted by molar-refractivity contribution is 0.402. The lowest BCUT2D eigenvalue weighted by Gasteiger charge is -2.14. The molecule has 0 aliphatic rings. The molecule has 0 amide bonds. The first-order valence-electron chi connectivity index (χ1n) is 6.34. The zero-order valence-electron chi connectivity index (χ0n) is 11.9. The highest BCUT2D eigenvalue weighted by atomic mass is 32.2. The first-order valence-corrected chi connectivity index (χ1v) is 7.82. The largest absolute Gasteiger partial charge is 0.495 e. The monoisotopic (exact) mass is 296 g/mol. The predicted octanol–water partition coefficient (Wildman–Crippen LogP) is 1.08. The van der Waals surface area contributed by atoms with Crippen molar-refractivity contribution in [1.82, 2.24) is 4.72 Å². The zero-order valence-corrected chi connectivity index (χ0v) is 12.8. The summed E-state index contributed by atoms with van der Waals surface area (Å²) in [6, 6.07) is 4.63. The molecule has 1 rings (SSSR count). The third-order valence-corrected chi connectivity index (χ3v) is 4.37. The van der Waals surface area contributed by atoms with Gasteiger partial charge < -0.3 is 10.5 Å². The highest BCUT2D eigenvalue weighted by Crippen LogP contribution is 2.24. The van der Waals surface area contributed by atoms with Crippen LogP contribution in [0.25, 0.3) is 0 Å². The molecular weight excluding hydrogens is 276 g/mol. The van der Waals surface area contributed by atoms with Crippen LogP contribution in [0.1, 0.15) is 25.8 Å². The number of benzene rings is 1. The molecule has 6 heteroatoms. The lowest BCUT2D eigenvalue weighted by atomic mass is 10.2. The van der Waals surface area contributed by atoms with Crippen LogP contribution in [0.2, 0.25) is 0 Å². The van der Waals surface area contributed by atoms with E-state index < -0.39 is 10.0 Å². The topological polar surface area (TPSA) is 81.4 Å². The van der Waals surface area contributed by atoms with E-state index in [2.05, 4.69) is 16.6 Å². The maximum absolute atomic E-state index is 12.3. The molecule has 3 N–H and O–H groups in total. The summed E-state index contributed by atoms with van der Waals surface area (Å²) in [5, 5.41) is 0. The van der Waals surface area contributed by atoms with Crippen molar-refractivity contribution in [3.63, 3.8) is 0 Å². The molecule has 1 atom stereocenters. The van der Waals surface area contributed by atoms with Gasteiger partial charge in [0.15, 0.2) is 0 Å². The van der Waals surface area contributed by atoms with Crippen molar-refractivity contribution in [2.24, 2.45) is 5.73 Å². The Bertz CT molecular complexity index is 615. The fourth-order valence-corrected chi connectivity index (χ4v) is 3.05. The molecular formula is C14H20N2O3S. The van der Waals surface area contributed by atoms with E-state index in [0.717, 1.165) is 0 Å². The van der Waals surface area contributed by atoms with Crippen molar-refractivity contribution in [2.45, 2.75) is 31.2 Å². The number of sulfonamides is 1. The minimum Gasteiger partial charge on any atom is -0.495 e. The summed E-state index contributed by atoms with van der Waals surface area (Å²) in [5.41, 5.74) is 5.90. The zero-order chi connectivity index (χ0) is 15.2. The average molecular weight is 296 g/mol. The van der Waals surface area contributed by atoms with Gasteiger partial charge >= 0.3 is 0 Å².